The summed E-state index contributed by atoms with van der Waals surface area (Å²) in [4.78, 5) is 2.59. The van der Waals surface area contributed by atoms with Crippen LogP contribution in [0.4, 0.5) is 0 Å². The van der Waals surface area contributed by atoms with Crippen LogP contribution in [0.15, 0.2) is 30.9 Å². The number of hydrogen-bond acceptors (Lipinski definition) is 3. The molecule has 3 nitrogen and oxygen atoms in total. The number of hydrogen-bond donors (Lipinski definition) is 1. The Labute approximate surface area is 159 Å². The fourth-order valence-corrected chi connectivity index (χ4v) is 3.18. The number of ether oxygens (including phenoxy) is 1. The van der Waals surface area contributed by atoms with Gasteiger partial charge in [0.05, 0.1) is 7.11 Å². The normalized spacial score (nSPS) is 16.0. The molecule has 24 heavy (non-hydrogen) atoms. The lowest BCUT2D eigenvalue weighted by atomic mass is 9.93. The molecule has 2 rings (SSSR count). The van der Waals surface area contributed by atoms with Crippen LogP contribution in [0.25, 0.3) is 0 Å². The molecule has 1 N–H and O–H groups in total. The number of piperazine rings is 1. The minimum absolute atomic E-state index is 0. The maximum absolute atomic E-state index is 5.66. The average molecular weight is 375 g/mol. The third-order valence-electron chi connectivity index (χ3n) is 4.52. The third-order valence-corrected chi connectivity index (χ3v) is 4.52. The quantitative estimate of drug-likeness (QED) is 0.707. The first-order valence-corrected chi connectivity index (χ1v) is 8.40. The van der Waals surface area contributed by atoms with Crippen LogP contribution in [0, 0.1) is 0 Å². The van der Waals surface area contributed by atoms with Gasteiger partial charge >= 0.3 is 0 Å². The van der Waals surface area contributed by atoms with E-state index in [2.05, 4.69) is 48.8 Å². The van der Waals surface area contributed by atoms with Gasteiger partial charge in [0.1, 0.15) is 5.75 Å². The van der Waals surface area contributed by atoms with E-state index in [1.165, 1.54) is 11.1 Å². The van der Waals surface area contributed by atoms with Crippen molar-refractivity contribution in [2.45, 2.75) is 38.6 Å². The molecule has 138 valence electrons. The fraction of sp³-hybridized carbons (Fsp3) is 0.579. The Balaban J connectivity index is 0.00000264. The molecule has 1 aromatic carbocycles. The molecule has 0 amide bonds. The lowest BCUT2D eigenvalue weighted by molar-refractivity contribution is 0.163. The van der Waals surface area contributed by atoms with Crippen molar-refractivity contribution >= 4 is 24.8 Å². The summed E-state index contributed by atoms with van der Waals surface area (Å²) >= 11 is 0. The number of nitrogens with one attached hydrogen (secondary N) is 1. The summed E-state index contributed by atoms with van der Waals surface area (Å²) in [7, 11) is 1.77. The first kappa shape index (κ1) is 23.3. The van der Waals surface area contributed by atoms with Gasteiger partial charge in [-0.15, -0.1) is 31.4 Å². The van der Waals surface area contributed by atoms with E-state index in [4.69, 9.17) is 4.74 Å². The standard InChI is InChI=1S/C19H30N2O.2ClH/c1-5-6-7-18(21-12-10-20-11-13-21)17-14-16(15(2)3)8-9-19(17)22-4;;/h5,8-9,14-15,18,20H,1,6-7,10-13H2,2-4H3;2*1H/t18-;;/m0../s1. The largest absolute Gasteiger partial charge is 0.496 e. The van der Waals surface area contributed by atoms with Crippen molar-refractivity contribution in [2.24, 2.45) is 0 Å². The summed E-state index contributed by atoms with van der Waals surface area (Å²) in [6, 6.07) is 7.08. The van der Waals surface area contributed by atoms with Gasteiger partial charge in [-0.05, 0) is 30.4 Å². The van der Waals surface area contributed by atoms with Gasteiger partial charge in [0.2, 0.25) is 0 Å². The maximum atomic E-state index is 5.66. The maximum Gasteiger partial charge on any atom is 0.123 e. The van der Waals surface area contributed by atoms with Crippen molar-refractivity contribution in [1.82, 2.24) is 10.2 Å². The molecule has 0 aromatic heterocycles. The summed E-state index contributed by atoms with van der Waals surface area (Å²) in [5.41, 5.74) is 2.71. The third kappa shape index (κ3) is 5.96. The zero-order valence-corrected chi connectivity index (χ0v) is 16.7. The first-order valence-electron chi connectivity index (χ1n) is 8.40. The first-order chi connectivity index (χ1) is 10.7. The van der Waals surface area contributed by atoms with Crippen molar-refractivity contribution in [3.8, 4) is 5.75 Å². The average Bonchev–Trinajstić information content (AvgIpc) is 2.56. The number of methoxy groups -OCH3 is 1. The monoisotopic (exact) mass is 374 g/mol. The molecule has 0 spiro atoms. The zero-order chi connectivity index (χ0) is 15.9. The smallest absolute Gasteiger partial charge is 0.123 e. The van der Waals surface area contributed by atoms with Gasteiger partial charge in [-0.2, -0.15) is 0 Å². The Kier molecular flexibility index (Phi) is 11.4. The van der Waals surface area contributed by atoms with Crippen molar-refractivity contribution < 1.29 is 4.74 Å². The van der Waals surface area contributed by atoms with Gasteiger partial charge < -0.3 is 10.1 Å². The molecule has 1 atom stereocenters. The van der Waals surface area contributed by atoms with Crippen LogP contribution in [-0.2, 0) is 0 Å². The molecule has 1 saturated heterocycles. The molecule has 1 fully saturated rings. The van der Waals surface area contributed by atoms with E-state index in [1.807, 2.05) is 6.08 Å². The van der Waals surface area contributed by atoms with E-state index < -0.39 is 0 Å². The summed E-state index contributed by atoms with van der Waals surface area (Å²) in [6.45, 7) is 12.7. The highest BCUT2D eigenvalue weighted by molar-refractivity contribution is 5.85. The fourth-order valence-electron chi connectivity index (χ4n) is 3.18. The van der Waals surface area contributed by atoms with Crippen LogP contribution in [0.2, 0.25) is 0 Å². The van der Waals surface area contributed by atoms with Gasteiger partial charge in [-0.3, -0.25) is 4.90 Å². The minimum atomic E-state index is 0. The number of allylic oxidation sites excluding steroid dienone is 1. The molecule has 0 radical (unpaired) electrons. The lowest BCUT2D eigenvalue weighted by Crippen LogP contribution is -2.45. The Morgan fingerprint density at radius 3 is 2.46 bits per heavy atom. The predicted octanol–water partition coefficient (Wildman–Crippen LogP) is 4.57. The van der Waals surface area contributed by atoms with E-state index in [9.17, 15) is 0 Å². The highest BCUT2D eigenvalue weighted by Gasteiger charge is 2.24. The van der Waals surface area contributed by atoms with Crippen molar-refractivity contribution in [1.29, 1.82) is 0 Å². The number of benzene rings is 1. The van der Waals surface area contributed by atoms with Crippen molar-refractivity contribution in [2.75, 3.05) is 33.3 Å². The molecular weight excluding hydrogens is 343 g/mol. The number of rotatable bonds is 7. The van der Waals surface area contributed by atoms with E-state index in [1.54, 1.807) is 7.11 Å². The SMILES string of the molecule is C=CCC[C@@H](c1cc(C(C)C)ccc1OC)N1CCNCC1.Cl.Cl. The zero-order valence-electron chi connectivity index (χ0n) is 15.1. The molecule has 5 heteroatoms. The molecule has 1 heterocycles. The predicted molar refractivity (Wildman–Crippen MR) is 108 cm³/mol. The van der Waals surface area contributed by atoms with Crippen LogP contribution < -0.4 is 10.1 Å². The summed E-state index contributed by atoms with van der Waals surface area (Å²) < 4.78 is 5.66. The van der Waals surface area contributed by atoms with Crippen LogP contribution in [-0.4, -0.2) is 38.2 Å². The van der Waals surface area contributed by atoms with Gasteiger partial charge in [-0.1, -0.05) is 32.1 Å². The second-order valence-corrected chi connectivity index (χ2v) is 6.32. The van der Waals surface area contributed by atoms with Crippen LogP contribution in [0.3, 0.4) is 0 Å². The number of halogens is 2. The van der Waals surface area contributed by atoms with Gasteiger partial charge in [0.25, 0.3) is 0 Å². The lowest BCUT2D eigenvalue weighted by Gasteiger charge is -2.36. The molecular formula is C19H32Cl2N2O. The van der Waals surface area contributed by atoms with Gasteiger partial charge in [-0.25, -0.2) is 0 Å². The highest BCUT2D eigenvalue weighted by atomic mass is 35.5. The van der Waals surface area contributed by atoms with Crippen LogP contribution in [0.5, 0.6) is 5.75 Å². The Morgan fingerprint density at radius 2 is 1.92 bits per heavy atom. The second-order valence-electron chi connectivity index (χ2n) is 6.32. The second kappa shape index (κ2) is 11.8. The molecule has 1 aliphatic rings. The number of nitrogens with zero attached hydrogens (tertiary/aromatic N) is 1. The van der Waals surface area contributed by atoms with E-state index in [0.29, 0.717) is 12.0 Å². The Morgan fingerprint density at radius 1 is 1.25 bits per heavy atom. The summed E-state index contributed by atoms with van der Waals surface area (Å²) in [6.07, 6.45) is 4.15. The molecule has 1 aliphatic heterocycles. The Bertz CT molecular complexity index is 488. The topological polar surface area (TPSA) is 24.5 Å². The van der Waals surface area contributed by atoms with Crippen LogP contribution >= 0.6 is 24.8 Å². The van der Waals surface area contributed by atoms with E-state index in [0.717, 1.165) is 44.8 Å². The minimum Gasteiger partial charge on any atom is -0.496 e. The summed E-state index contributed by atoms with van der Waals surface area (Å²) in [5, 5.41) is 3.44. The van der Waals surface area contributed by atoms with Gasteiger partial charge in [0.15, 0.2) is 0 Å². The van der Waals surface area contributed by atoms with E-state index in [-0.39, 0.29) is 24.8 Å². The Hall–Kier alpha value is -0.740. The summed E-state index contributed by atoms with van der Waals surface area (Å²) in [5.74, 6) is 1.55. The highest BCUT2D eigenvalue weighted by Crippen LogP contribution is 2.35. The van der Waals surface area contributed by atoms with Gasteiger partial charge in [0, 0.05) is 37.8 Å². The van der Waals surface area contributed by atoms with Crippen molar-refractivity contribution in [3.05, 3.63) is 42.0 Å². The molecule has 0 aliphatic carbocycles. The van der Waals surface area contributed by atoms with Crippen molar-refractivity contribution in [3.63, 3.8) is 0 Å². The van der Waals surface area contributed by atoms with Crippen LogP contribution in [0.1, 0.15) is 49.8 Å². The van der Waals surface area contributed by atoms with E-state index >= 15 is 0 Å². The molecule has 1 aromatic rings. The molecule has 0 saturated carbocycles. The molecule has 0 bridgehead atoms. The molecule has 0 unspecified atom stereocenters.